The van der Waals surface area contributed by atoms with Crippen LogP contribution in [-0.4, -0.2) is 10.9 Å². The average molecular weight is 335 g/mol. The molecular formula is C20H18FN3O. The Balaban J connectivity index is 1.71. The number of carbonyl (C=O) groups is 1. The van der Waals surface area contributed by atoms with Gasteiger partial charge in [-0.15, -0.1) is 0 Å². The Morgan fingerprint density at radius 1 is 1.00 bits per heavy atom. The number of hydrogen-bond acceptors (Lipinski definition) is 3. The molecule has 5 heteroatoms. The van der Waals surface area contributed by atoms with Gasteiger partial charge in [0.1, 0.15) is 11.5 Å². The minimum Gasteiger partial charge on any atom is -0.352 e. The van der Waals surface area contributed by atoms with Crippen molar-refractivity contribution in [1.82, 2.24) is 4.98 Å². The molecule has 3 rings (SSSR count). The number of hydrogen-bond donors (Lipinski definition) is 2. The highest BCUT2D eigenvalue weighted by molar-refractivity contribution is 6.03. The highest BCUT2D eigenvalue weighted by Gasteiger charge is 2.10. The summed E-state index contributed by atoms with van der Waals surface area (Å²) in [5.74, 6) is -0.626. The van der Waals surface area contributed by atoms with Crippen LogP contribution in [0, 0.1) is 5.82 Å². The van der Waals surface area contributed by atoms with Crippen LogP contribution >= 0.6 is 0 Å². The first-order valence-corrected chi connectivity index (χ1v) is 8.04. The summed E-state index contributed by atoms with van der Waals surface area (Å²) in [6.07, 6.45) is 2.34. The van der Waals surface area contributed by atoms with Crippen molar-refractivity contribution < 1.29 is 9.18 Å². The van der Waals surface area contributed by atoms with Gasteiger partial charge in [0.25, 0.3) is 5.91 Å². The highest BCUT2D eigenvalue weighted by atomic mass is 19.1. The van der Waals surface area contributed by atoms with E-state index in [4.69, 9.17) is 0 Å². The fourth-order valence-corrected chi connectivity index (χ4v) is 2.46. The van der Waals surface area contributed by atoms with Gasteiger partial charge < -0.3 is 10.6 Å². The topological polar surface area (TPSA) is 54.0 Å². The van der Waals surface area contributed by atoms with Crippen LogP contribution in [0.25, 0.3) is 0 Å². The number of rotatable bonds is 5. The molecule has 1 heterocycles. The number of pyridine rings is 1. The van der Waals surface area contributed by atoms with Crippen molar-refractivity contribution in [2.45, 2.75) is 13.3 Å². The Kier molecular flexibility index (Phi) is 5.04. The van der Waals surface area contributed by atoms with Crippen molar-refractivity contribution in [2.24, 2.45) is 0 Å². The van der Waals surface area contributed by atoms with Gasteiger partial charge in [-0.2, -0.15) is 0 Å². The summed E-state index contributed by atoms with van der Waals surface area (Å²) in [7, 11) is 0. The van der Waals surface area contributed by atoms with Gasteiger partial charge in [-0.1, -0.05) is 37.3 Å². The van der Waals surface area contributed by atoms with Crippen LogP contribution in [0.15, 0.2) is 66.9 Å². The average Bonchev–Trinajstić information content (AvgIpc) is 2.64. The number of aromatic nitrogens is 1. The van der Waals surface area contributed by atoms with Gasteiger partial charge in [-0.25, -0.2) is 9.37 Å². The summed E-state index contributed by atoms with van der Waals surface area (Å²) < 4.78 is 13.6. The summed E-state index contributed by atoms with van der Waals surface area (Å²) in [5, 5.41) is 5.81. The van der Waals surface area contributed by atoms with Crippen LogP contribution in [0.1, 0.15) is 23.0 Å². The SMILES string of the molecule is CCc1ccccc1NC(=O)c1ccc(Nc2ccccc2F)cn1. The van der Waals surface area contributed by atoms with Crippen molar-refractivity contribution in [2.75, 3.05) is 10.6 Å². The first-order chi connectivity index (χ1) is 12.2. The first-order valence-electron chi connectivity index (χ1n) is 8.04. The smallest absolute Gasteiger partial charge is 0.274 e. The zero-order valence-electron chi connectivity index (χ0n) is 13.8. The van der Waals surface area contributed by atoms with Gasteiger partial charge in [0, 0.05) is 5.69 Å². The molecule has 0 saturated carbocycles. The van der Waals surface area contributed by atoms with Crippen LogP contribution in [0.5, 0.6) is 0 Å². The van der Waals surface area contributed by atoms with E-state index in [0.717, 1.165) is 17.7 Å². The molecule has 1 aromatic heterocycles. The zero-order chi connectivity index (χ0) is 17.6. The summed E-state index contributed by atoms with van der Waals surface area (Å²) in [6, 6.07) is 17.3. The number of para-hydroxylation sites is 2. The van der Waals surface area contributed by atoms with Gasteiger partial charge in [0.15, 0.2) is 0 Å². The molecule has 1 amide bonds. The van der Waals surface area contributed by atoms with E-state index in [1.165, 1.54) is 12.3 Å². The second kappa shape index (κ2) is 7.57. The number of amides is 1. The summed E-state index contributed by atoms with van der Waals surface area (Å²) in [6.45, 7) is 2.03. The molecule has 0 aliphatic heterocycles. The van der Waals surface area contributed by atoms with Crippen LogP contribution < -0.4 is 10.6 Å². The number of nitrogens with one attached hydrogen (secondary N) is 2. The summed E-state index contributed by atoms with van der Waals surface area (Å²) in [5.41, 5.74) is 3.11. The van der Waals surface area contributed by atoms with Gasteiger partial charge in [-0.3, -0.25) is 4.79 Å². The first kappa shape index (κ1) is 16.6. The monoisotopic (exact) mass is 335 g/mol. The van der Waals surface area contributed by atoms with E-state index in [1.54, 1.807) is 30.3 Å². The molecule has 0 aliphatic carbocycles. The van der Waals surface area contributed by atoms with E-state index >= 15 is 0 Å². The lowest BCUT2D eigenvalue weighted by Gasteiger charge is -2.10. The molecule has 2 aromatic carbocycles. The second-order valence-corrected chi connectivity index (χ2v) is 5.50. The largest absolute Gasteiger partial charge is 0.352 e. The van der Waals surface area contributed by atoms with Crippen molar-refractivity contribution in [1.29, 1.82) is 0 Å². The summed E-state index contributed by atoms with van der Waals surface area (Å²) >= 11 is 0. The third-order valence-corrected chi connectivity index (χ3v) is 3.80. The Hall–Kier alpha value is -3.21. The maximum Gasteiger partial charge on any atom is 0.274 e. The lowest BCUT2D eigenvalue weighted by molar-refractivity contribution is 0.102. The quantitative estimate of drug-likeness (QED) is 0.705. The number of halogens is 1. The van der Waals surface area contributed by atoms with Crippen molar-refractivity contribution in [3.63, 3.8) is 0 Å². The number of carbonyl (C=O) groups excluding carboxylic acids is 1. The van der Waals surface area contributed by atoms with Crippen molar-refractivity contribution in [3.05, 3.63) is 83.9 Å². The van der Waals surface area contributed by atoms with E-state index in [0.29, 0.717) is 17.1 Å². The number of benzene rings is 2. The molecule has 0 atom stereocenters. The van der Waals surface area contributed by atoms with Crippen molar-refractivity contribution >= 4 is 23.0 Å². The molecule has 25 heavy (non-hydrogen) atoms. The molecule has 0 aliphatic rings. The molecule has 0 fully saturated rings. The van der Waals surface area contributed by atoms with E-state index in [1.807, 2.05) is 31.2 Å². The van der Waals surface area contributed by atoms with E-state index in [2.05, 4.69) is 15.6 Å². The lowest BCUT2D eigenvalue weighted by atomic mass is 10.1. The van der Waals surface area contributed by atoms with E-state index in [-0.39, 0.29) is 11.7 Å². The minimum atomic E-state index is -0.347. The highest BCUT2D eigenvalue weighted by Crippen LogP contribution is 2.20. The molecule has 0 bridgehead atoms. The molecule has 126 valence electrons. The number of nitrogens with zero attached hydrogens (tertiary/aromatic N) is 1. The maximum atomic E-state index is 13.6. The predicted molar refractivity (Wildman–Crippen MR) is 97.7 cm³/mol. The standard InChI is InChI=1S/C20H18FN3O/c1-2-14-7-3-5-9-17(14)24-20(25)19-12-11-15(13-22-19)23-18-10-6-4-8-16(18)21/h3-13,23H,2H2,1H3,(H,24,25). The normalized spacial score (nSPS) is 10.3. The molecule has 0 radical (unpaired) electrons. The Labute approximate surface area is 145 Å². The van der Waals surface area contributed by atoms with Crippen molar-refractivity contribution in [3.8, 4) is 0 Å². The van der Waals surface area contributed by atoms with Gasteiger partial charge in [-0.05, 0) is 42.3 Å². The number of anilines is 3. The maximum absolute atomic E-state index is 13.6. The van der Waals surface area contributed by atoms with Gasteiger partial charge in [0.2, 0.25) is 0 Å². The Bertz CT molecular complexity index is 878. The fourth-order valence-electron chi connectivity index (χ4n) is 2.46. The zero-order valence-corrected chi connectivity index (χ0v) is 13.8. The van der Waals surface area contributed by atoms with E-state index in [9.17, 15) is 9.18 Å². The molecule has 0 spiro atoms. The third kappa shape index (κ3) is 4.01. The van der Waals surface area contributed by atoms with Crippen LogP contribution in [0.4, 0.5) is 21.5 Å². The Morgan fingerprint density at radius 2 is 1.72 bits per heavy atom. The molecule has 3 aromatic rings. The summed E-state index contributed by atoms with van der Waals surface area (Å²) in [4.78, 5) is 16.5. The Morgan fingerprint density at radius 3 is 2.40 bits per heavy atom. The fraction of sp³-hybridized carbons (Fsp3) is 0.100. The number of aryl methyl sites for hydroxylation is 1. The third-order valence-electron chi connectivity index (χ3n) is 3.80. The molecule has 2 N–H and O–H groups in total. The molecule has 0 saturated heterocycles. The minimum absolute atomic E-state index is 0.279. The van der Waals surface area contributed by atoms with Gasteiger partial charge >= 0.3 is 0 Å². The molecular weight excluding hydrogens is 317 g/mol. The van der Waals surface area contributed by atoms with Crippen LogP contribution in [0.3, 0.4) is 0 Å². The molecule has 0 unspecified atom stereocenters. The van der Waals surface area contributed by atoms with Gasteiger partial charge in [0.05, 0.1) is 17.6 Å². The second-order valence-electron chi connectivity index (χ2n) is 5.50. The van der Waals surface area contributed by atoms with Crippen LogP contribution in [-0.2, 0) is 6.42 Å². The molecule has 4 nitrogen and oxygen atoms in total. The van der Waals surface area contributed by atoms with E-state index < -0.39 is 0 Å². The predicted octanol–water partition coefficient (Wildman–Crippen LogP) is 4.78. The van der Waals surface area contributed by atoms with Crippen LogP contribution in [0.2, 0.25) is 0 Å². The lowest BCUT2D eigenvalue weighted by Crippen LogP contribution is -2.14.